The van der Waals surface area contributed by atoms with Gasteiger partial charge in [-0.15, -0.1) is 37.1 Å². The molecule has 26 heavy (non-hydrogen) atoms. The fourth-order valence-electron chi connectivity index (χ4n) is 1.78. The van der Waals surface area contributed by atoms with Crippen LogP contribution in [0.25, 0.3) is 0 Å². The summed E-state index contributed by atoms with van der Waals surface area (Å²) in [6.07, 6.45) is -3.59. The van der Waals surface area contributed by atoms with Crippen LogP contribution in [0.3, 0.4) is 0 Å². The third-order valence-electron chi connectivity index (χ3n) is 3.27. The van der Waals surface area contributed by atoms with Gasteiger partial charge in [0, 0.05) is 19.0 Å². The predicted molar refractivity (Wildman–Crippen MR) is 104 cm³/mol. The van der Waals surface area contributed by atoms with E-state index in [2.05, 4.69) is 20.4 Å². The standard InChI is InChI=1S/C16H23F3N4O2.HI/c1-3-11(2)23-14(24)8-9-21-15(20)22-10-12-4-6-13(7-5-12)25-16(17,18)19;/h4-7,11H,3,8-10H2,1-2H3,(H,23,24)(H3,20,21,22);1H. The molecular formula is C16H24F3IN4O2. The number of hydrogen-bond acceptors (Lipinski definition) is 3. The first-order valence-electron chi connectivity index (χ1n) is 7.87. The molecule has 1 amide bonds. The summed E-state index contributed by atoms with van der Waals surface area (Å²) in [6.45, 7) is 4.45. The topological polar surface area (TPSA) is 88.7 Å². The molecule has 1 unspecified atom stereocenters. The second-order valence-electron chi connectivity index (χ2n) is 5.45. The maximum Gasteiger partial charge on any atom is 0.573 e. The van der Waals surface area contributed by atoms with Crippen molar-refractivity contribution in [3.8, 4) is 5.75 Å². The minimum absolute atomic E-state index is 0. The molecule has 0 saturated carbocycles. The van der Waals surface area contributed by atoms with Crippen molar-refractivity contribution < 1.29 is 22.7 Å². The zero-order valence-corrected chi connectivity index (χ0v) is 16.9. The summed E-state index contributed by atoms with van der Waals surface area (Å²) in [4.78, 5) is 15.6. The quantitative estimate of drug-likeness (QED) is 0.299. The van der Waals surface area contributed by atoms with Crippen molar-refractivity contribution in [3.63, 3.8) is 0 Å². The Labute approximate surface area is 167 Å². The number of rotatable bonds is 8. The number of nitrogens with one attached hydrogen (secondary N) is 2. The van der Waals surface area contributed by atoms with Crippen molar-refractivity contribution in [3.05, 3.63) is 29.8 Å². The molecule has 0 heterocycles. The van der Waals surface area contributed by atoms with E-state index in [9.17, 15) is 18.0 Å². The highest BCUT2D eigenvalue weighted by Crippen LogP contribution is 2.22. The van der Waals surface area contributed by atoms with Crippen LogP contribution in [0.1, 0.15) is 32.3 Å². The summed E-state index contributed by atoms with van der Waals surface area (Å²) in [6, 6.07) is 5.49. The summed E-state index contributed by atoms with van der Waals surface area (Å²) in [7, 11) is 0. The molecular weight excluding hydrogens is 464 g/mol. The molecule has 1 atom stereocenters. The van der Waals surface area contributed by atoms with Gasteiger partial charge in [-0.05, 0) is 31.0 Å². The number of alkyl halides is 3. The fraction of sp³-hybridized carbons (Fsp3) is 0.500. The largest absolute Gasteiger partial charge is 0.573 e. The van der Waals surface area contributed by atoms with Crippen molar-refractivity contribution in [1.82, 2.24) is 10.6 Å². The number of ether oxygens (including phenoxy) is 1. The Morgan fingerprint density at radius 3 is 2.46 bits per heavy atom. The molecule has 0 aliphatic carbocycles. The van der Waals surface area contributed by atoms with Gasteiger partial charge in [0.05, 0.1) is 6.54 Å². The molecule has 0 saturated heterocycles. The number of halogens is 4. The van der Waals surface area contributed by atoms with Gasteiger partial charge in [0.2, 0.25) is 5.91 Å². The Balaban J connectivity index is 0.00000625. The van der Waals surface area contributed by atoms with Crippen LogP contribution in [0.4, 0.5) is 13.2 Å². The fourth-order valence-corrected chi connectivity index (χ4v) is 1.78. The minimum Gasteiger partial charge on any atom is -0.406 e. The predicted octanol–water partition coefficient (Wildman–Crippen LogP) is 2.91. The first-order valence-corrected chi connectivity index (χ1v) is 7.87. The monoisotopic (exact) mass is 488 g/mol. The lowest BCUT2D eigenvalue weighted by Crippen LogP contribution is -2.37. The molecule has 0 aromatic heterocycles. The van der Waals surface area contributed by atoms with Gasteiger partial charge in [-0.3, -0.25) is 4.79 Å². The number of carbonyl (C=O) groups excluding carboxylic acids is 1. The third kappa shape index (κ3) is 11.0. The molecule has 1 aromatic carbocycles. The van der Waals surface area contributed by atoms with Crippen LogP contribution in [-0.4, -0.2) is 30.8 Å². The van der Waals surface area contributed by atoms with Crippen LogP contribution < -0.4 is 21.1 Å². The lowest BCUT2D eigenvalue weighted by molar-refractivity contribution is -0.274. The molecule has 0 spiro atoms. The first-order chi connectivity index (χ1) is 11.7. The Morgan fingerprint density at radius 2 is 1.92 bits per heavy atom. The van der Waals surface area contributed by atoms with E-state index in [4.69, 9.17) is 5.73 Å². The Hall–Kier alpha value is -1.72. The van der Waals surface area contributed by atoms with E-state index in [-0.39, 0.29) is 60.6 Å². The van der Waals surface area contributed by atoms with E-state index in [1.165, 1.54) is 24.3 Å². The SMILES string of the molecule is CCC(C)NC(=O)CCNC(N)=NCc1ccc(OC(F)(F)F)cc1.I. The van der Waals surface area contributed by atoms with Crippen molar-refractivity contribution in [2.45, 2.75) is 45.6 Å². The van der Waals surface area contributed by atoms with Crippen LogP contribution in [0.15, 0.2) is 29.3 Å². The van der Waals surface area contributed by atoms with E-state index in [1.54, 1.807) is 0 Å². The zero-order chi connectivity index (χ0) is 18.9. The van der Waals surface area contributed by atoms with Crippen molar-refractivity contribution in [2.75, 3.05) is 6.54 Å². The summed E-state index contributed by atoms with van der Waals surface area (Å²) >= 11 is 0. The number of aliphatic imine (C=N–C) groups is 1. The van der Waals surface area contributed by atoms with Gasteiger partial charge in [-0.2, -0.15) is 0 Å². The number of carbonyl (C=O) groups is 1. The number of nitrogens with two attached hydrogens (primary N) is 1. The Morgan fingerprint density at radius 1 is 1.31 bits per heavy atom. The Kier molecular flexibility index (Phi) is 11.0. The van der Waals surface area contributed by atoms with E-state index in [1.807, 2.05) is 13.8 Å². The molecule has 0 fully saturated rings. The summed E-state index contributed by atoms with van der Waals surface area (Å²) < 4.78 is 40.0. The average molecular weight is 488 g/mol. The summed E-state index contributed by atoms with van der Waals surface area (Å²) in [5.41, 5.74) is 6.36. The number of nitrogens with zero attached hydrogens (tertiary/aromatic N) is 1. The highest BCUT2D eigenvalue weighted by Gasteiger charge is 2.30. The lowest BCUT2D eigenvalue weighted by Gasteiger charge is -2.11. The van der Waals surface area contributed by atoms with Gasteiger partial charge in [0.15, 0.2) is 5.96 Å². The lowest BCUT2D eigenvalue weighted by atomic mass is 10.2. The summed E-state index contributed by atoms with van der Waals surface area (Å²) in [5.74, 6) is -0.208. The van der Waals surface area contributed by atoms with Gasteiger partial charge in [-0.25, -0.2) is 4.99 Å². The van der Waals surface area contributed by atoms with E-state index < -0.39 is 6.36 Å². The molecule has 148 valence electrons. The highest BCUT2D eigenvalue weighted by atomic mass is 127. The molecule has 4 N–H and O–H groups in total. The Bertz CT molecular complexity index is 580. The number of benzene rings is 1. The number of amides is 1. The maximum atomic E-state index is 12.1. The zero-order valence-electron chi connectivity index (χ0n) is 14.6. The first kappa shape index (κ1) is 24.3. The average Bonchev–Trinajstić information content (AvgIpc) is 2.52. The highest BCUT2D eigenvalue weighted by molar-refractivity contribution is 14.0. The van der Waals surface area contributed by atoms with E-state index in [0.29, 0.717) is 12.1 Å². The molecule has 0 aliphatic rings. The molecule has 0 bridgehead atoms. The number of guanidine groups is 1. The van der Waals surface area contributed by atoms with Crippen LogP contribution in [0, 0.1) is 0 Å². The smallest absolute Gasteiger partial charge is 0.406 e. The van der Waals surface area contributed by atoms with Gasteiger partial charge in [-0.1, -0.05) is 19.1 Å². The molecule has 0 aliphatic heterocycles. The van der Waals surface area contributed by atoms with Crippen molar-refractivity contribution >= 4 is 35.8 Å². The molecule has 1 rings (SSSR count). The van der Waals surface area contributed by atoms with E-state index in [0.717, 1.165) is 6.42 Å². The van der Waals surface area contributed by atoms with Crippen LogP contribution >= 0.6 is 24.0 Å². The van der Waals surface area contributed by atoms with Crippen LogP contribution in [0.2, 0.25) is 0 Å². The molecule has 1 aromatic rings. The third-order valence-corrected chi connectivity index (χ3v) is 3.27. The van der Waals surface area contributed by atoms with Gasteiger partial charge < -0.3 is 21.1 Å². The van der Waals surface area contributed by atoms with Crippen molar-refractivity contribution in [1.29, 1.82) is 0 Å². The van der Waals surface area contributed by atoms with Crippen LogP contribution in [0.5, 0.6) is 5.75 Å². The second kappa shape index (κ2) is 11.8. The molecule has 6 nitrogen and oxygen atoms in total. The maximum absolute atomic E-state index is 12.1. The molecule has 10 heteroatoms. The van der Waals surface area contributed by atoms with E-state index >= 15 is 0 Å². The van der Waals surface area contributed by atoms with Crippen LogP contribution in [-0.2, 0) is 11.3 Å². The second-order valence-corrected chi connectivity index (χ2v) is 5.45. The minimum atomic E-state index is -4.71. The summed E-state index contributed by atoms with van der Waals surface area (Å²) in [5, 5.41) is 5.64. The molecule has 0 radical (unpaired) electrons. The normalized spacial score (nSPS) is 12.7. The van der Waals surface area contributed by atoms with Gasteiger partial charge >= 0.3 is 6.36 Å². The van der Waals surface area contributed by atoms with Gasteiger partial charge in [0.1, 0.15) is 5.75 Å². The van der Waals surface area contributed by atoms with Gasteiger partial charge in [0.25, 0.3) is 0 Å². The van der Waals surface area contributed by atoms with Crippen molar-refractivity contribution in [2.24, 2.45) is 10.7 Å². The number of hydrogen-bond donors (Lipinski definition) is 3.